The molecule has 1 amide bonds. The normalized spacial score (nSPS) is 12.9. The van der Waals surface area contributed by atoms with Crippen molar-refractivity contribution in [3.8, 4) is 69.3 Å². The zero-order valence-corrected chi connectivity index (χ0v) is 66.7. The number of hydrogen-bond acceptors (Lipinski definition) is 34. The largest absolute Gasteiger partial charge is 0.497 e. The van der Waals surface area contributed by atoms with E-state index in [-0.39, 0.29) is 35.3 Å². The molecule has 0 aliphatic carbocycles. The smallest absolute Gasteiger partial charge is 0.335 e. The Labute approximate surface area is 701 Å². The summed E-state index contributed by atoms with van der Waals surface area (Å²) in [4.78, 5) is 79.1. The van der Waals surface area contributed by atoms with Gasteiger partial charge < -0.3 is 83.9 Å². The van der Waals surface area contributed by atoms with Crippen LogP contribution in [0.15, 0.2) is 213 Å². The third kappa shape index (κ3) is 15.0. The van der Waals surface area contributed by atoms with E-state index in [0.717, 1.165) is 16.8 Å². The SMILES string of the molecule is COC(=O)C(c1cccc(OC)c1)n1ncc2c1nc(N)n1nc(-c3ccco3)nc21.COCCOc1ccc(N2CCN(C(=O)C(c3cccc(OC)c3)n3ncc4c3nc(N)n3nc(-c5ccco5)nc43)CC2)cc1.COc1cccc(C(C(=O)O)n2ncc3c2nc(N)n2nc(-c4ccco4)nc32)c1.Nc1nc2[nH]ncc2c2nc(-c3ccco3)nn12. The highest BCUT2D eigenvalue weighted by Gasteiger charge is 2.35. The molecule has 21 rings (SSSR count). The average Bonchev–Trinajstić information content (AvgIpc) is 1.61. The number of rotatable bonds is 21. The van der Waals surface area contributed by atoms with Crippen LogP contribution in [-0.2, 0) is 23.9 Å². The number of aromatic nitrogens is 24. The van der Waals surface area contributed by atoms with Gasteiger partial charge in [0.2, 0.25) is 47.1 Å². The monoisotopic (exact) mass is 1690 g/mol. The first-order valence-electron chi connectivity index (χ1n) is 38.2. The lowest BCUT2D eigenvalue weighted by Crippen LogP contribution is -2.51. The van der Waals surface area contributed by atoms with E-state index in [4.69, 9.17) is 69.0 Å². The second-order valence-electron chi connectivity index (χ2n) is 27.6. The summed E-state index contributed by atoms with van der Waals surface area (Å²) in [7, 11) is 7.62. The Morgan fingerprint density at radius 1 is 0.424 bits per heavy atom. The van der Waals surface area contributed by atoms with E-state index in [1.165, 1.54) is 60.4 Å². The molecule has 10 N–H and O–H groups in total. The first-order chi connectivity index (χ1) is 61.0. The third-order valence-corrected chi connectivity index (χ3v) is 20.2. The van der Waals surface area contributed by atoms with Crippen LogP contribution >= 0.6 is 0 Å². The Balaban J connectivity index is 0.000000118. The zero-order chi connectivity index (χ0) is 86.1. The number of nitrogens with zero attached hydrogens (tertiary/aromatic N) is 25. The van der Waals surface area contributed by atoms with E-state index in [2.05, 4.69) is 90.7 Å². The number of hydrogen-bond donors (Lipinski definition) is 6. The Morgan fingerprint density at radius 2 is 0.816 bits per heavy atom. The molecule has 17 heterocycles. The number of benzene rings is 4. The lowest BCUT2D eigenvalue weighted by Gasteiger charge is -2.37. The minimum Gasteiger partial charge on any atom is -0.497 e. The molecule has 3 atom stereocenters. The molecule has 0 radical (unpaired) electrons. The number of nitrogen functional groups attached to an aromatic ring is 4. The van der Waals surface area contributed by atoms with Crippen LogP contribution < -0.4 is 46.8 Å². The first-order valence-corrected chi connectivity index (χ1v) is 38.2. The lowest BCUT2D eigenvalue weighted by molar-refractivity contribution is -0.143. The van der Waals surface area contributed by atoms with Crippen molar-refractivity contribution >= 4 is 114 Å². The van der Waals surface area contributed by atoms with Crippen molar-refractivity contribution in [3.05, 3.63) is 212 Å². The van der Waals surface area contributed by atoms with Crippen LogP contribution in [0, 0.1) is 0 Å². The molecule has 0 saturated carbocycles. The van der Waals surface area contributed by atoms with Gasteiger partial charge in [-0.15, -0.1) is 20.4 Å². The second kappa shape index (κ2) is 33.4. The van der Waals surface area contributed by atoms with Crippen molar-refractivity contribution in [3.63, 3.8) is 0 Å². The summed E-state index contributed by atoms with van der Waals surface area (Å²) in [5, 5.41) is 49.8. The van der Waals surface area contributed by atoms with Crippen LogP contribution in [0.1, 0.15) is 34.8 Å². The molecule has 20 aromatic rings. The number of anilines is 5. The molecule has 1 fully saturated rings. The summed E-state index contributed by atoms with van der Waals surface area (Å²) in [5.41, 5.74) is 30.8. The molecule has 0 spiro atoms. The second-order valence-corrected chi connectivity index (χ2v) is 27.6. The fraction of sp³-hybridized carbons (Fsp3) is 0.173. The highest BCUT2D eigenvalue weighted by molar-refractivity contribution is 5.95. The lowest BCUT2D eigenvalue weighted by atomic mass is 10.0. The van der Waals surface area contributed by atoms with E-state index < -0.39 is 30.1 Å². The molecule has 0 bridgehead atoms. The van der Waals surface area contributed by atoms with Crippen LogP contribution in [0.2, 0.25) is 0 Å². The molecule has 3 unspecified atom stereocenters. The summed E-state index contributed by atoms with van der Waals surface area (Å²) in [6, 6.07) is 40.4. The average molecular weight is 1690 g/mol. The quantitative estimate of drug-likeness (QED) is 0.0291. The van der Waals surface area contributed by atoms with E-state index in [0.29, 0.717) is 175 Å². The number of H-pyrrole nitrogens is 1. The Kier molecular flexibility index (Phi) is 21.1. The maximum Gasteiger partial charge on any atom is 0.335 e. The maximum atomic E-state index is 14.4. The minimum atomic E-state index is -1.14. The van der Waals surface area contributed by atoms with Crippen molar-refractivity contribution < 1.29 is 65.6 Å². The molecule has 1 saturated heterocycles. The van der Waals surface area contributed by atoms with Crippen LogP contribution in [0.3, 0.4) is 0 Å². The van der Waals surface area contributed by atoms with Crippen LogP contribution in [0.5, 0.6) is 23.0 Å². The first kappa shape index (κ1) is 78.8. The van der Waals surface area contributed by atoms with Gasteiger partial charge in [0.15, 0.2) is 86.3 Å². The standard InChI is InChI=1S/C32H33N9O5.C20H17N7O4.C19H15N7O4.C10H7N7O/c1-43-17-18-45-23-10-8-22(9-11-23)38-12-14-39(15-13-38)31(42)27(21-5-3-6-24(19-21)44-2)40-30-25(20-34-40)29-35-28(26-7-4-16-46-26)37-41(29)32(33)36-30;1-29-12-6-3-5-11(9-12)15(19(28)30-2)26-18-13(10-22-26)17-23-16(14-7-4-8-31-14)25-27(17)20(21)24-18;1-29-11-5-2-4-10(8-11)14(18(27)28)25-17-12(9-21-25)16-22-15(13-6-3-7-30-13)24-26(16)19(20)23-17;11-10-14-7-5(4-12-15-7)9-13-8(16-17(9)10)6-2-1-3-18-6/h3-11,16,19-20,27H,12-15,17-18H2,1-2H3,(H2,33,36);3-10,15H,1-2H3,(H2,21,24);2-9,14H,1H3,(H2,20,23)(H,27,28);1-4H,(H3,11,12,14,15). The number of amides is 1. The number of methoxy groups -OCH3 is 5. The highest BCUT2D eigenvalue weighted by Crippen LogP contribution is 2.36. The number of aliphatic carboxylic acids is 1. The topological polar surface area (TPSA) is 544 Å². The molecular formula is C81H72N30O14. The number of nitrogens with two attached hydrogens (primary N) is 4. The van der Waals surface area contributed by atoms with Crippen molar-refractivity contribution in [2.75, 3.05) is 103 Å². The number of esters is 1. The summed E-state index contributed by atoms with van der Waals surface area (Å²) in [6.45, 7) is 3.42. The molecule has 44 heteroatoms. The molecule has 44 nitrogen and oxygen atoms in total. The number of carbonyl (C=O) groups is 3. The van der Waals surface area contributed by atoms with Gasteiger partial charge in [0.1, 0.15) is 29.6 Å². The van der Waals surface area contributed by atoms with E-state index in [9.17, 15) is 19.5 Å². The maximum absolute atomic E-state index is 14.4. The molecule has 16 aromatic heterocycles. The summed E-state index contributed by atoms with van der Waals surface area (Å²) < 4.78 is 63.3. The van der Waals surface area contributed by atoms with Crippen molar-refractivity contribution in [2.24, 2.45) is 0 Å². The van der Waals surface area contributed by atoms with Gasteiger partial charge in [0.25, 0.3) is 5.91 Å². The minimum absolute atomic E-state index is 0.0411. The number of fused-ring (bicyclic) bond motifs is 12. The number of furan rings is 4. The fourth-order valence-electron chi connectivity index (χ4n) is 14.3. The van der Waals surface area contributed by atoms with Crippen LogP contribution in [0.25, 0.3) is 113 Å². The van der Waals surface area contributed by atoms with Crippen molar-refractivity contribution in [2.45, 2.75) is 18.1 Å². The Hall–Kier alpha value is -17.4. The Morgan fingerprint density at radius 3 is 1.21 bits per heavy atom. The van der Waals surface area contributed by atoms with Gasteiger partial charge in [0.05, 0.1) is 106 Å². The number of carboxylic acid groups (broad SMARTS) is 1. The number of aromatic amines is 1. The molecule has 4 aromatic carbocycles. The number of carboxylic acids is 1. The van der Waals surface area contributed by atoms with Gasteiger partial charge >= 0.3 is 11.9 Å². The number of nitrogens with one attached hydrogen (secondary N) is 1. The summed E-state index contributed by atoms with van der Waals surface area (Å²) >= 11 is 0. The van der Waals surface area contributed by atoms with Gasteiger partial charge in [-0.05, 0) is 126 Å². The van der Waals surface area contributed by atoms with Gasteiger partial charge in [-0.2, -0.15) is 58.4 Å². The van der Waals surface area contributed by atoms with Gasteiger partial charge in [0, 0.05) is 39.0 Å². The van der Waals surface area contributed by atoms with E-state index >= 15 is 0 Å². The number of carbonyl (C=O) groups excluding carboxylic acids is 2. The van der Waals surface area contributed by atoms with Gasteiger partial charge in [-0.1, -0.05) is 36.4 Å². The predicted molar refractivity (Wildman–Crippen MR) is 447 cm³/mol. The van der Waals surface area contributed by atoms with Gasteiger partial charge in [-0.3, -0.25) is 9.89 Å². The van der Waals surface area contributed by atoms with E-state index in [1.807, 2.05) is 53.4 Å². The van der Waals surface area contributed by atoms with Gasteiger partial charge in [-0.25, -0.2) is 43.6 Å². The summed E-state index contributed by atoms with van der Waals surface area (Å²) in [5.74, 6) is 4.84. The number of piperazine rings is 1. The number of ether oxygens (including phenoxy) is 6. The molecular weight excluding hydrogens is 1620 g/mol. The van der Waals surface area contributed by atoms with E-state index in [1.54, 1.807) is 154 Å². The molecule has 1 aliphatic rings. The van der Waals surface area contributed by atoms with Crippen LogP contribution in [-0.4, -0.2) is 221 Å². The summed E-state index contributed by atoms with van der Waals surface area (Å²) in [6.07, 6.45) is 12.5. The fourth-order valence-corrected chi connectivity index (χ4v) is 14.3. The van der Waals surface area contributed by atoms with Crippen molar-refractivity contribution in [1.82, 2.24) is 123 Å². The third-order valence-electron chi connectivity index (χ3n) is 20.2. The highest BCUT2D eigenvalue weighted by atomic mass is 16.5. The molecule has 630 valence electrons. The predicted octanol–water partition coefficient (Wildman–Crippen LogP) is 8.22. The zero-order valence-electron chi connectivity index (χ0n) is 66.7. The van der Waals surface area contributed by atoms with Crippen LogP contribution in [0.4, 0.5) is 29.5 Å². The Bertz CT molecular complexity index is 7290. The molecule has 1 aliphatic heterocycles. The molecule has 125 heavy (non-hydrogen) atoms. The van der Waals surface area contributed by atoms with Crippen molar-refractivity contribution in [1.29, 1.82) is 0 Å².